The zero-order valence-electron chi connectivity index (χ0n) is 6.33. The van der Waals surface area contributed by atoms with Crippen LogP contribution < -0.4 is 4.74 Å². The predicted octanol–water partition coefficient (Wildman–Crippen LogP) is 4.76. The van der Waals surface area contributed by atoms with Gasteiger partial charge in [0.15, 0.2) is 5.75 Å². The summed E-state index contributed by atoms with van der Waals surface area (Å²) in [5.74, 6) is -0.345. The second kappa shape index (κ2) is 4.28. The van der Waals surface area contributed by atoms with E-state index in [-0.39, 0.29) is 14.7 Å². The van der Waals surface area contributed by atoms with E-state index >= 15 is 0 Å². The zero-order valence-corrected chi connectivity index (χ0v) is 10.3. The van der Waals surface area contributed by atoms with Crippen LogP contribution in [0.15, 0.2) is 21.1 Å². The fourth-order valence-electron chi connectivity index (χ4n) is 0.742. The fourth-order valence-corrected chi connectivity index (χ4v) is 2.57. The Morgan fingerprint density at radius 2 is 1.57 bits per heavy atom. The van der Waals surface area contributed by atoms with Gasteiger partial charge in [-0.3, -0.25) is 0 Å². The van der Waals surface area contributed by atoms with E-state index in [1.54, 1.807) is 0 Å². The van der Waals surface area contributed by atoms with Crippen molar-refractivity contribution in [3.8, 4) is 5.75 Å². The normalized spacial score (nSPS) is 11.6. The molecule has 0 bridgehead atoms. The molecule has 14 heavy (non-hydrogen) atoms. The first-order chi connectivity index (χ1) is 6.29. The molecule has 1 rings (SSSR count). The Bertz CT molecular complexity index is 330. The molecule has 0 saturated carbocycles. The van der Waals surface area contributed by atoms with Crippen LogP contribution in [-0.4, -0.2) is 6.36 Å². The highest BCUT2D eigenvalue weighted by molar-refractivity contribution is 9.11. The van der Waals surface area contributed by atoms with Crippen LogP contribution in [0.25, 0.3) is 0 Å². The van der Waals surface area contributed by atoms with Crippen LogP contribution in [0.1, 0.15) is 0 Å². The van der Waals surface area contributed by atoms with Gasteiger partial charge >= 0.3 is 6.36 Å². The third-order valence-corrected chi connectivity index (χ3v) is 2.58. The maximum atomic E-state index is 11.9. The van der Waals surface area contributed by atoms with Crippen molar-refractivity contribution in [2.24, 2.45) is 0 Å². The Labute approximate surface area is 99.4 Å². The summed E-state index contributed by atoms with van der Waals surface area (Å²) in [5, 5.41) is 0.304. The van der Waals surface area contributed by atoms with Gasteiger partial charge in [0.25, 0.3) is 0 Å². The van der Waals surface area contributed by atoms with Gasteiger partial charge in [-0.15, -0.1) is 13.2 Å². The molecule has 0 heterocycles. The van der Waals surface area contributed by atoms with E-state index in [0.717, 1.165) is 0 Å². The minimum atomic E-state index is -4.72. The second-order valence-electron chi connectivity index (χ2n) is 2.25. The van der Waals surface area contributed by atoms with Crippen molar-refractivity contribution in [1.29, 1.82) is 0 Å². The van der Waals surface area contributed by atoms with E-state index < -0.39 is 6.36 Å². The molecule has 0 fully saturated rings. The zero-order chi connectivity index (χ0) is 10.9. The first kappa shape index (κ1) is 12.1. The lowest BCUT2D eigenvalue weighted by Crippen LogP contribution is -2.17. The summed E-state index contributed by atoms with van der Waals surface area (Å²) in [6.07, 6.45) is -4.72. The number of hydrogen-bond acceptors (Lipinski definition) is 1. The Balaban J connectivity index is 3.09. The molecule has 0 spiro atoms. The number of rotatable bonds is 1. The van der Waals surface area contributed by atoms with Crippen LogP contribution in [0.4, 0.5) is 13.2 Å². The van der Waals surface area contributed by atoms with Crippen LogP contribution in [0.3, 0.4) is 0 Å². The summed E-state index contributed by atoms with van der Waals surface area (Å²) in [5.41, 5.74) is 0. The second-order valence-corrected chi connectivity index (χ2v) is 4.39. The van der Waals surface area contributed by atoms with Gasteiger partial charge < -0.3 is 4.74 Å². The molecule has 0 saturated heterocycles. The van der Waals surface area contributed by atoms with Gasteiger partial charge in [-0.05, 0) is 44.0 Å². The maximum absolute atomic E-state index is 11.9. The lowest BCUT2D eigenvalue weighted by molar-refractivity contribution is -0.275. The molecule has 1 aromatic rings. The van der Waals surface area contributed by atoms with Crippen molar-refractivity contribution >= 4 is 43.5 Å². The molecule has 0 aromatic heterocycles. The summed E-state index contributed by atoms with van der Waals surface area (Å²) < 4.78 is 39.7. The van der Waals surface area contributed by atoms with Crippen molar-refractivity contribution in [2.45, 2.75) is 6.36 Å². The van der Waals surface area contributed by atoms with Crippen molar-refractivity contribution in [2.75, 3.05) is 0 Å². The molecule has 7 heteroatoms. The SMILES string of the molecule is FC(F)(F)Oc1c(Br)cc(Cl)cc1Br. The average Bonchev–Trinajstić information content (AvgIpc) is 1.95. The summed E-state index contributed by atoms with van der Waals surface area (Å²) in [4.78, 5) is 0. The van der Waals surface area contributed by atoms with Crippen molar-refractivity contribution in [3.05, 3.63) is 26.1 Å². The first-order valence-corrected chi connectivity index (χ1v) is 5.16. The van der Waals surface area contributed by atoms with Gasteiger partial charge in [-0.25, -0.2) is 0 Å². The third-order valence-electron chi connectivity index (χ3n) is 1.18. The summed E-state index contributed by atoms with van der Waals surface area (Å²) in [7, 11) is 0. The summed E-state index contributed by atoms with van der Waals surface area (Å²) in [6.45, 7) is 0. The molecule has 78 valence electrons. The minimum Gasteiger partial charge on any atom is -0.403 e. The van der Waals surface area contributed by atoms with Crippen LogP contribution in [0, 0.1) is 0 Å². The molecule has 0 aliphatic rings. The maximum Gasteiger partial charge on any atom is 0.573 e. The molecule has 1 nitrogen and oxygen atoms in total. The van der Waals surface area contributed by atoms with Gasteiger partial charge in [-0.1, -0.05) is 11.6 Å². The van der Waals surface area contributed by atoms with Gasteiger partial charge in [0.1, 0.15) is 0 Å². The van der Waals surface area contributed by atoms with Crippen molar-refractivity contribution in [3.63, 3.8) is 0 Å². The van der Waals surface area contributed by atoms with Crippen molar-refractivity contribution < 1.29 is 17.9 Å². The highest BCUT2D eigenvalue weighted by atomic mass is 79.9. The van der Waals surface area contributed by atoms with E-state index in [2.05, 4.69) is 36.6 Å². The Morgan fingerprint density at radius 1 is 1.14 bits per heavy atom. The number of benzene rings is 1. The smallest absolute Gasteiger partial charge is 0.403 e. The molecule has 0 aliphatic heterocycles. The molecular formula is C7H2Br2ClF3O. The van der Waals surface area contributed by atoms with Crippen LogP contribution in [-0.2, 0) is 0 Å². The van der Waals surface area contributed by atoms with E-state index in [1.807, 2.05) is 0 Å². The van der Waals surface area contributed by atoms with Gasteiger partial charge in [0.2, 0.25) is 0 Å². The van der Waals surface area contributed by atoms with Crippen LogP contribution in [0.5, 0.6) is 5.75 Å². The van der Waals surface area contributed by atoms with Gasteiger partial charge in [0, 0.05) is 5.02 Å². The Morgan fingerprint density at radius 3 is 1.93 bits per heavy atom. The van der Waals surface area contributed by atoms with E-state index in [1.165, 1.54) is 12.1 Å². The summed E-state index contributed by atoms with van der Waals surface area (Å²) >= 11 is 11.4. The predicted molar refractivity (Wildman–Crippen MR) is 53.5 cm³/mol. The number of halogens is 6. The fraction of sp³-hybridized carbons (Fsp3) is 0.143. The lowest BCUT2D eigenvalue weighted by Gasteiger charge is -2.12. The molecule has 0 atom stereocenters. The van der Waals surface area contributed by atoms with E-state index in [9.17, 15) is 13.2 Å². The lowest BCUT2D eigenvalue weighted by atomic mass is 10.3. The largest absolute Gasteiger partial charge is 0.573 e. The number of alkyl halides is 3. The highest BCUT2D eigenvalue weighted by Crippen LogP contribution is 2.39. The standard InChI is InChI=1S/C7H2Br2ClF3O/c8-4-1-3(10)2-5(9)6(4)14-7(11,12)13/h1-2H. The Hall–Kier alpha value is 0.0600. The third kappa shape index (κ3) is 3.33. The molecular weight excluding hydrogens is 352 g/mol. The van der Waals surface area contributed by atoms with E-state index in [4.69, 9.17) is 11.6 Å². The van der Waals surface area contributed by atoms with Gasteiger partial charge in [-0.2, -0.15) is 0 Å². The number of ether oxygens (including phenoxy) is 1. The quantitative estimate of drug-likeness (QED) is 0.706. The minimum absolute atomic E-state index is 0.134. The van der Waals surface area contributed by atoms with Crippen molar-refractivity contribution in [1.82, 2.24) is 0 Å². The average molecular weight is 354 g/mol. The van der Waals surface area contributed by atoms with Crippen LogP contribution in [0.2, 0.25) is 5.02 Å². The molecule has 0 amide bonds. The first-order valence-electron chi connectivity index (χ1n) is 3.20. The molecule has 0 radical (unpaired) electrons. The highest BCUT2D eigenvalue weighted by Gasteiger charge is 2.33. The molecule has 0 N–H and O–H groups in total. The summed E-state index contributed by atoms with van der Waals surface area (Å²) in [6, 6.07) is 2.63. The number of hydrogen-bond donors (Lipinski definition) is 0. The molecule has 0 unspecified atom stereocenters. The van der Waals surface area contributed by atoms with Crippen LogP contribution >= 0.6 is 43.5 Å². The Kier molecular flexibility index (Phi) is 3.71. The molecule has 0 aliphatic carbocycles. The van der Waals surface area contributed by atoms with Gasteiger partial charge in [0.05, 0.1) is 8.95 Å². The molecule has 1 aromatic carbocycles. The van der Waals surface area contributed by atoms with E-state index in [0.29, 0.717) is 5.02 Å². The topological polar surface area (TPSA) is 9.23 Å². The monoisotopic (exact) mass is 352 g/mol.